The van der Waals surface area contributed by atoms with Crippen molar-refractivity contribution in [2.24, 2.45) is 16.0 Å². The maximum Gasteiger partial charge on any atom is 0.238 e. The molecule has 1 aliphatic heterocycles. The number of sulfonamides is 1. The van der Waals surface area contributed by atoms with E-state index in [1.807, 2.05) is 23.9 Å². The fourth-order valence-corrected chi connectivity index (χ4v) is 4.94. The van der Waals surface area contributed by atoms with Gasteiger partial charge >= 0.3 is 0 Å². The number of halogens is 1. The Hall–Kier alpha value is -1.30. The summed E-state index contributed by atoms with van der Waals surface area (Å²) < 4.78 is 23.1. The van der Waals surface area contributed by atoms with Gasteiger partial charge in [-0.25, -0.2) is 18.5 Å². The molecule has 1 fully saturated rings. The topological polar surface area (TPSA) is 87.8 Å². The second kappa shape index (κ2) is 11.9. The van der Waals surface area contributed by atoms with Crippen LogP contribution in [0.15, 0.2) is 69.4 Å². The maximum absolute atomic E-state index is 11.6. The summed E-state index contributed by atoms with van der Waals surface area (Å²) in [6, 6.07) is 17.1. The van der Waals surface area contributed by atoms with Crippen molar-refractivity contribution in [2.75, 3.05) is 25.4 Å². The van der Waals surface area contributed by atoms with Gasteiger partial charge in [-0.3, -0.25) is 0 Å². The SMILES string of the molecule is CCNC(=NCc1cccc(S(N)(=O)=O)c1)N1CCC(CSc2ccccc2)C1.I. The lowest BCUT2D eigenvalue weighted by molar-refractivity contribution is 0.474. The third kappa shape index (κ3) is 7.44. The molecule has 3 N–H and O–H groups in total. The lowest BCUT2D eigenvalue weighted by Gasteiger charge is -2.21. The molecule has 0 saturated carbocycles. The van der Waals surface area contributed by atoms with Crippen molar-refractivity contribution >= 4 is 51.7 Å². The monoisotopic (exact) mass is 560 g/mol. The molecule has 1 unspecified atom stereocenters. The van der Waals surface area contributed by atoms with E-state index in [1.165, 1.54) is 11.0 Å². The lowest BCUT2D eigenvalue weighted by atomic mass is 10.2. The van der Waals surface area contributed by atoms with E-state index >= 15 is 0 Å². The molecule has 0 bridgehead atoms. The number of likely N-dealkylation sites (tertiary alicyclic amines) is 1. The highest BCUT2D eigenvalue weighted by Crippen LogP contribution is 2.26. The Morgan fingerprint density at radius 1 is 1.23 bits per heavy atom. The quantitative estimate of drug-likeness (QED) is 0.234. The Bertz CT molecular complexity index is 939. The van der Waals surface area contributed by atoms with Gasteiger partial charge in [0, 0.05) is 30.3 Å². The first-order valence-corrected chi connectivity index (χ1v) is 12.3. The molecule has 30 heavy (non-hydrogen) atoms. The summed E-state index contributed by atoms with van der Waals surface area (Å²) in [6.07, 6.45) is 1.14. The van der Waals surface area contributed by atoms with Gasteiger partial charge in [0.05, 0.1) is 11.4 Å². The molecule has 0 aliphatic carbocycles. The fraction of sp³-hybridized carbons (Fsp3) is 0.381. The number of primary sulfonamides is 1. The Morgan fingerprint density at radius 3 is 2.70 bits per heavy atom. The number of benzene rings is 2. The molecule has 0 aromatic heterocycles. The first-order valence-electron chi connectivity index (χ1n) is 9.78. The highest BCUT2D eigenvalue weighted by atomic mass is 127. The van der Waals surface area contributed by atoms with Crippen molar-refractivity contribution in [2.45, 2.75) is 29.7 Å². The van der Waals surface area contributed by atoms with Gasteiger partial charge in [0.1, 0.15) is 0 Å². The molecule has 1 aliphatic rings. The van der Waals surface area contributed by atoms with Crippen molar-refractivity contribution in [3.8, 4) is 0 Å². The van der Waals surface area contributed by atoms with E-state index in [-0.39, 0.29) is 28.9 Å². The van der Waals surface area contributed by atoms with E-state index in [1.54, 1.807) is 12.1 Å². The van der Waals surface area contributed by atoms with Gasteiger partial charge in [0.25, 0.3) is 0 Å². The number of guanidine groups is 1. The van der Waals surface area contributed by atoms with Gasteiger partial charge in [-0.05, 0) is 49.1 Å². The van der Waals surface area contributed by atoms with E-state index in [9.17, 15) is 8.42 Å². The van der Waals surface area contributed by atoms with Crippen molar-refractivity contribution < 1.29 is 8.42 Å². The van der Waals surface area contributed by atoms with Crippen LogP contribution in [-0.4, -0.2) is 44.7 Å². The van der Waals surface area contributed by atoms with Crippen molar-refractivity contribution in [3.63, 3.8) is 0 Å². The predicted octanol–water partition coefficient (Wildman–Crippen LogP) is 3.53. The summed E-state index contributed by atoms with van der Waals surface area (Å²) in [5, 5.41) is 8.59. The van der Waals surface area contributed by atoms with Gasteiger partial charge in [0.15, 0.2) is 5.96 Å². The molecule has 2 aromatic rings. The minimum Gasteiger partial charge on any atom is -0.357 e. The van der Waals surface area contributed by atoms with Crippen LogP contribution in [0, 0.1) is 5.92 Å². The van der Waals surface area contributed by atoms with Crippen LogP contribution < -0.4 is 10.5 Å². The van der Waals surface area contributed by atoms with E-state index in [2.05, 4.69) is 41.4 Å². The molecule has 1 heterocycles. The molecule has 0 radical (unpaired) electrons. The van der Waals surface area contributed by atoms with Crippen LogP contribution in [0.3, 0.4) is 0 Å². The van der Waals surface area contributed by atoms with Gasteiger partial charge < -0.3 is 10.2 Å². The molecule has 0 amide bonds. The number of nitrogens with zero attached hydrogens (tertiary/aromatic N) is 2. The highest BCUT2D eigenvalue weighted by Gasteiger charge is 2.25. The van der Waals surface area contributed by atoms with E-state index in [0.717, 1.165) is 43.3 Å². The first kappa shape index (κ1) is 25.0. The third-order valence-electron chi connectivity index (χ3n) is 4.79. The van der Waals surface area contributed by atoms with Crippen molar-refractivity contribution in [3.05, 3.63) is 60.2 Å². The average molecular weight is 561 g/mol. The molecule has 0 spiro atoms. The van der Waals surface area contributed by atoms with Crippen LogP contribution in [0.2, 0.25) is 0 Å². The molecule has 1 atom stereocenters. The Labute approximate surface area is 200 Å². The number of thioether (sulfide) groups is 1. The number of aliphatic imine (C=N–C) groups is 1. The molecular weight excluding hydrogens is 531 g/mol. The van der Waals surface area contributed by atoms with Crippen LogP contribution in [0.5, 0.6) is 0 Å². The first-order chi connectivity index (χ1) is 14.0. The number of nitrogens with one attached hydrogen (secondary N) is 1. The minimum absolute atomic E-state index is 0. The molecule has 164 valence electrons. The van der Waals surface area contributed by atoms with Crippen LogP contribution in [0.4, 0.5) is 0 Å². The molecule has 2 aromatic carbocycles. The summed E-state index contributed by atoms with van der Waals surface area (Å²) in [5.74, 6) is 2.59. The second-order valence-corrected chi connectivity index (χ2v) is 9.74. The maximum atomic E-state index is 11.6. The van der Waals surface area contributed by atoms with Crippen molar-refractivity contribution in [1.82, 2.24) is 10.2 Å². The molecule has 9 heteroatoms. The smallest absolute Gasteiger partial charge is 0.238 e. The minimum atomic E-state index is -3.70. The van der Waals surface area contributed by atoms with E-state index in [0.29, 0.717) is 12.5 Å². The van der Waals surface area contributed by atoms with Gasteiger partial charge in [0.2, 0.25) is 10.0 Å². The predicted molar refractivity (Wildman–Crippen MR) is 135 cm³/mol. The molecule has 3 rings (SSSR count). The van der Waals surface area contributed by atoms with E-state index in [4.69, 9.17) is 10.1 Å². The van der Waals surface area contributed by atoms with Gasteiger partial charge in [-0.2, -0.15) is 0 Å². The second-order valence-electron chi connectivity index (χ2n) is 7.09. The Morgan fingerprint density at radius 2 is 2.00 bits per heavy atom. The van der Waals surface area contributed by atoms with Crippen LogP contribution in [-0.2, 0) is 16.6 Å². The molecule has 6 nitrogen and oxygen atoms in total. The number of hydrogen-bond donors (Lipinski definition) is 2. The molecule has 1 saturated heterocycles. The summed E-state index contributed by atoms with van der Waals surface area (Å²) in [5.41, 5.74) is 0.822. The zero-order valence-corrected chi connectivity index (χ0v) is 21.0. The van der Waals surface area contributed by atoms with Crippen LogP contribution in [0.1, 0.15) is 18.9 Å². The van der Waals surface area contributed by atoms with E-state index < -0.39 is 10.0 Å². The summed E-state index contributed by atoms with van der Waals surface area (Å²) >= 11 is 1.90. The Kier molecular flexibility index (Phi) is 9.92. The zero-order valence-electron chi connectivity index (χ0n) is 17.0. The number of nitrogens with two attached hydrogens (primary N) is 1. The average Bonchev–Trinajstić information content (AvgIpc) is 3.19. The zero-order chi connectivity index (χ0) is 20.7. The summed E-state index contributed by atoms with van der Waals surface area (Å²) in [7, 11) is -3.70. The van der Waals surface area contributed by atoms with Crippen LogP contribution in [0.25, 0.3) is 0 Å². The third-order valence-corrected chi connectivity index (χ3v) is 6.94. The normalized spacial score (nSPS) is 16.9. The number of rotatable bonds is 7. The van der Waals surface area contributed by atoms with Gasteiger partial charge in [-0.15, -0.1) is 35.7 Å². The standard InChI is InChI=1S/C21H28N4O2S2.HI/c1-2-23-21(24-14-17-7-6-10-20(13-17)29(22,26)27)25-12-11-18(15-25)16-28-19-8-4-3-5-9-19;/h3-10,13,18H,2,11-12,14-16H2,1H3,(H,23,24)(H2,22,26,27);1H. The van der Waals surface area contributed by atoms with Crippen molar-refractivity contribution in [1.29, 1.82) is 0 Å². The van der Waals surface area contributed by atoms with Crippen LogP contribution >= 0.6 is 35.7 Å². The lowest BCUT2D eigenvalue weighted by Crippen LogP contribution is -2.40. The number of hydrogen-bond acceptors (Lipinski definition) is 4. The largest absolute Gasteiger partial charge is 0.357 e. The summed E-state index contributed by atoms with van der Waals surface area (Å²) in [4.78, 5) is 8.45. The van der Waals surface area contributed by atoms with Gasteiger partial charge in [-0.1, -0.05) is 30.3 Å². The molecular formula is C21H29IN4O2S2. The fourth-order valence-electron chi connectivity index (χ4n) is 3.30. The Balaban J connectivity index is 0.00000320. The highest BCUT2D eigenvalue weighted by molar-refractivity contribution is 14.0. The summed E-state index contributed by atoms with van der Waals surface area (Å²) in [6.45, 7) is 5.20.